The molecule has 0 aliphatic heterocycles. The first-order chi connectivity index (χ1) is 10.8. The molecule has 1 aromatic rings. The number of ether oxygens (including phenoxy) is 2. The molecular formula is C17H24INO4. The Bertz CT molecular complexity index is 499. The largest absolute Gasteiger partial charge is 0.461 e. The van der Waals surface area contributed by atoms with Crippen LogP contribution >= 0.6 is 22.6 Å². The lowest BCUT2D eigenvalue weighted by molar-refractivity contribution is -0.145. The number of alkyl carbamates (subject to hydrolysis) is 1. The number of carbonyl (C=O) groups excluding carboxylic acids is 2. The summed E-state index contributed by atoms with van der Waals surface area (Å²) in [6.07, 6.45) is 0.304. The van der Waals surface area contributed by atoms with Gasteiger partial charge in [-0.15, -0.1) is 0 Å². The van der Waals surface area contributed by atoms with E-state index >= 15 is 0 Å². The van der Waals surface area contributed by atoms with Gasteiger partial charge < -0.3 is 14.8 Å². The molecule has 0 aromatic heterocycles. The van der Waals surface area contributed by atoms with Crippen LogP contribution in [0, 0.1) is 0 Å². The van der Waals surface area contributed by atoms with Crippen molar-refractivity contribution in [3.8, 4) is 0 Å². The summed E-state index contributed by atoms with van der Waals surface area (Å²) in [5.74, 6) is -0.334. The summed E-state index contributed by atoms with van der Waals surface area (Å²) in [7, 11) is 0. The molecule has 0 fully saturated rings. The van der Waals surface area contributed by atoms with Crippen molar-refractivity contribution in [2.75, 3.05) is 4.43 Å². The standard InChI is InChI=1S/C17H24INO4/c1-17(2,3)23-16(21)19-14(9-10-18)11-15(20)22-12-13-7-5-4-6-8-13/h4-8,14H,9-12H2,1-3H3,(H,19,21). The molecule has 128 valence electrons. The van der Waals surface area contributed by atoms with E-state index in [4.69, 9.17) is 9.47 Å². The minimum absolute atomic E-state index is 0.134. The number of halogens is 1. The van der Waals surface area contributed by atoms with Crippen molar-refractivity contribution in [1.29, 1.82) is 0 Å². The summed E-state index contributed by atoms with van der Waals surface area (Å²) >= 11 is 2.21. The van der Waals surface area contributed by atoms with Crippen molar-refractivity contribution in [3.05, 3.63) is 35.9 Å². The van der Waals surface area contributed by atoms with Gasteiger partial charge in [-0.2, -0.15) is 0 Å². The Kier molecular flexibility index (Phi) is 8.36. The van der Waals surface area contributed by atoms with Crippen molar-refractivity contribution in [2.45, 2.75) is 51.9 Å². The molecular weight excluding hydrogens is 409 g/mol. The number of nitrogens with one attached hydrogen (secondary N) is 1. The van der Waals surface area contributed by atoms with E-state index in [1.165, 1.54) is 0 Å². The zero-order chi connectivity index (χ0) is 17.3. The first-order valence-electron chi connectivity index (χ1n) is 7.55. The van der Waals surface area contributed by atoms with Crippen molar-refractivity contribution in [1.82, 2.24) is 5.32 Å². The quantitative estimate of drug-likeness (QED) is 0.403. The number of benzene rings is 1. The SMILES string of the molecule is CC(C)(C)OC(=O)NC(CCI)CC(=O)OCc1ccccc1. The van der Waals surface area contributed by atoms with Crippen LogP contribution in [-0.4, -0.2) is 28.1 Å². The van der Waals surface area contributed by atoms with Crippen LogP contribution in [0.5, 0.6) is 0 Å². The van der Waals surface area contributed by atoms with Crippen molar-refractivity contribution < 1.29 is 19.1 Å². The fraction of sp³-hybridized carbons (Fsp3) is 0.529. The van der Waals surface area contributed by atoms with Crippen molar-refractivity contribution in [3.63, 3.8) is 0 Å². The van der Waals surface area contributed by atoms with E-state index in [2.05, 4.69) is 27.9 Å². The Morgan fingerprint density at radius 1 is 1.22 bits per heavy atom. The highest BCUT2D eigenvalue weighted by atomic mass is 127. The highest BCUT2D eigenvalue weighted by molar-refractivity contribution is 14.1. The van der Waals surface area contributed by atoms with E-state index in [-0.39, 0.29) is 25.0 Å². The van der Waals surface area contributed by atoms with Crippen molar-refractivity contribution >= 4 is 34.7 Å². The number of amides is 1. The minimum Gasteiger partial charge on any atom is -0.461 e. The topological polar surface area (TPSA) is 64.6 Å². The average molecular weight is 433 g/mol. The normalized spacial score (nSPS) is 12.3. The van der Waals surface area contributed by atoms with Crippen molar-refractivity contribution in [2.24, 2.45) is 0 Å². The molecule has 0 radical (unpaired) electrons. The molecule has 1 atom stereocenters. The number of hydrogen-bond donors (Lipinski definition) is 1. The molecule has 0 heterocycles. The molecule has 0 saturated heterocycles. The van der Waals surface area contributed by atoms with Crippen LogP contribution < -0.4 is 5.32 Å². The molecule has 1 unspecified atom stereocenters. The zero-order valence-electron chi connectivity index (χ0n) is 13.8. The highest BCUT2D eigenvalue weighted by Gasteiger charge is 2.21. The van der Waals surface area contributed by atoms with Crippen LogP contribution in [0.4, 0.5) is 4.79 Å². The van der Waals surface area contributed by atoms with E-state index in [0.717, 1.165) is 9.99 Å². The molecule has 1 rings (SSSR count). The molecule has 1 amide bonds. The second-order valence-electron chi connectivity index (χ2n) is 6.17. The van der Waals surface area contributed by atoms with Crippen LogP contribution in [0.1, 0.15) is 39.2 Å². The predicted octanol–water partition coefficient (Wildman–Crippen LogP) is 3.84. The fourth-order valence-corrected chi connectivity index (χ4v) is 2.58. The summed E-state index contributed by atoms with van der Waals surface area (Å²) in [6.45, 7) is 5.64. The lowest BCUT2D eigenvalue weighted by Gasteiger charge is -2.23. The Morgan fingerprint density at radius 2 is 1.87 bits per heavy atom. The molecule has 6 heteroatoms. The molecule has 0 saturated carbocycles. The molecule has 0 aliphatic rings. The third-order valence-corrected chi connectivity index (χ3v) is 3.46. The van der Waals surface area contributed by atoms with Gasteiger partial charge in [0.2, 0.25) is 0 Å². The monoisotopic (exact) mass is 433 g/mol. The zero-order valence-corrected chi connectivity index (χ0v) is 16.0. The molecule has 0 spiro atoms. The predicted molar refractivity (Wildman–Crippen MR) is 97.5 cm³/mol. The Labute approximate surface area is 151 Å². The van der Waals surface area contributed by atoms with Gasteiger partial charge in [-0.05, 0) is 32.8 Å². The highest BCUT2D eigenvalue weighted by Crippen LogP contribution is 2.10. The Hall–Kier alpha value is -1.31. The number of hydrogen-bond acceptors (Lipinski definition) is 4. The maximum Gasteiger partial charge on any atom is 0.407 e. The van der Waals surface area contributed by atoms with E-state index in [9.17, 15) is 9.59 Å². The molecule has 0 bridgehead atoms. The first kappa shape index (κ1) is 19.7. The molecule has 5 nitrogen and oxygen atoms in total. The summed E-state index contributed by atoms with van der Waals surface area (Å²) in [6, 6.07) is 9.21. The van der Waals surface area contributed by atoms with Gasteiger partial charge in [-0.25, -0.2) is 4.79 Å². The van der Waals surface area contributed by atoms with Gasteiger partial charge in [-0.1, -0.05) is 52.9 Å². The Balaban J connectivity index is 2.44. The minimum atomic E-state index is -0.563. The molecule has 1 aromatic carbocycles. The molecule has 23 heavy (non-hydrogen) atoms. The third kappa shape index (κ3) is 9.43. The van der Waals surface area contributed by atoms with Gasteiger partial charge in [0, 0.05) is 10.5 Å². The average Bonchev–Trinajstić information content (AvgIpc) is 2.44. The lowest BCUT2D eigenvalue weighted by atomic mass is 10.1. The number of carbonyl (C=O) groups is 2. The Morgan fingerprint density at radius 3 is 2.43 bits per heavy atom. The summed E-state index contributed by atoms with van der Waals surface area (Å²) in [5.41, 5.74) is 0.374. The fourth-order valence-electron chi connectivity index (χ4n) is 1.83. The van der Waals surface area contributed by atoms with Crippen LogP contribution in [0.15, 0.2) is 30.3 Å². The van der Waals surface area contributed by atoms with Crippen LogP contribution in [0.2, 0.25) is 0 Å². The van der Waals surface area contributed by atoms with Gasteiger partial charge in [0.1, 0.15) is 12.2 Å². The van der Waals surface area contributed by atoms with Gasteiger partial charge >= 0.3 is 12.1 Å². The lowest BCUT2D eigenvalue weighted by Crippen LogP contribution is -2.40. The first-order valence-corrected chi connectivity index (χ1v) is 9.08. The molecule has 1 N–H and O–H groups in total. The van der Waals surface area contributed by atoms with E-state index in [0.29, 0.717) is 6.42 Å². The van der Waals surface area contributed by atoms with E-state index in [1.54, 1.807) is 20.8 Å². The molecule has 0 aliphatic carbocycles. The number of esters is 1. The van der Waals surface area contributed by atoms with Crippen LogP contribution in [0.3, 0.4) is 0 Å². The smallest absolute Gasteiger partial charge is 0.407 e. The van der Waals surface area contributed by atoms with E-state index in [1.807, 2.05) is 30.3 Å². The second kappa shape index (κ2) is 9.75. The number of alkyl halides is 1. The van der Waals surface area contributed by atoms with Gasteiger partial charge in [0.15, 0.2) is 0 Å². The maximum atomic E-state index is 12.0. The van der Waals surface area contributed by atoms with Crippen LogP contribution in [0.25, 0.3) is 0 Å². The summed E-state index contributed by atoms with van der Waals surface area (Å²) in [5, 5.41) is 2.74. The summed E-state index contributed by atoms with van der Waals surface area (Å²) < 4.78 is 11.3. The third-order valence-electron chi connectivity index (χ3n) is 2.83. The second-order valence-corrected chi connectivity index (χ2v) is 7.25. The number of rotatable bonds is 7. The van der Waals surface area contributed by atoms with Gasteiger partial charge in [0.05, 0.1) is 6.42 Å². The maximum absolute atomic E-state index is 12.0. The summed E-state index contributed by atoms with van der Waals surface area (Å²) in [4.78, 5) is 23.8. The van der Waals surface area contributed by atoms with Crippen LogP contribution in [-0.2, 0) is 20.9 Å². The van der Waals surface area contributed by atoms with Gasteiger partial charge in [-0.3, -0.25) is 4.79 Å². The van der Waals surface area contributed by atoms with Gasteiger partial charge in [0.25, 0.3) is 0 Å². The van der Waals surface area contributed by atoms with E-state index < -0.39 is 11.7 Å².